The summed E-state index contributed by atoms with van der Waals surface area (Å²) in [5.41, 5.74) is 6.62. The first-order valence-corrected chi connectivity index (χ1v) is 22.7. The molecule has 4 aromatic rings. The summed E-state index contributed by atoms with van der Waals surface area (Å²) in [4.78, 5) is 52.8. The molecule has 6 heterocycles. The van der Waals surface area contributed by atoms with Crippen molar-refractivity contribution < 1.29 is 31.9 Å². The zero-order chi connectivity index (χ0) is 45.0. The van der Waals surface area contributed by atoms with Crippen LogP contribution in [0.25, 0.3) is 17.0 Å². The number of nitrogens with one attached hydrogen (secondary N) is 2. The van der Waals surface area contributed by atoms with Gasteiger partial charge in [0.1, 0.15) is 17.7 Å². The van der Waals surface area contributed by atoms with E-state index < -0.39 is 36.7 Å². The number of piperidine rings is 3. The lowest BCUT2D eigenvalue weighted by atomic mass is 9.87. The number of carbonyl (C=O) groups is 3. The van der Waals surface area contributed by atoms with Crippen molar-refractivity contribution >= 4 is 40.4 Å². The molecule has 3 atom stereocenters. The van der Waals surface area contributed by atoms with Crippen LogP contribution in [0, 0.1) is 23.5 Å². The number of likely N-dealkylation sites (tertiary alicyclic amines) is 1. The number of aromatic amines is 1. The Balaban J connectivity index is 0.790. The highest BCUT2D eigenvalue weighted by Gasteiger charge is 2.41. The van der Waals surface area contributed by atoms with E-state index in [1.165, 1.54) is 27.5 Å². The Morgan fingerprint density at radius 1 is 0.953 bits per heavy atom. The van der Waals surface area contributed by atoms with Crippen molar-refractivity contribution in [1.82, 2.24) is 29.9 Å². The number of rotatable bonds is 10. The van der Waals surface area contributed by atoms with Crippen molar-refractivity contribution in [2.45, 2.75) is 89.5 Å². The third-order valence-corrected chi connectivity index (χ3v) is 14.6. The van der Waals surface area contributed by atoms with Gasteiger partial charge in [0.05, 0.1) is 12.6 Å². The molecule has 3 saturated heterocycles. The number of nitrogens with zero attached hydrogens (tertiary/aromatic N) is 5. The van der Waals surface area contributed by atoms with Crippen molar-refractivity contribution in [3.8, 4) is 0 Å². The number of alkyl halides is 2. The fraction of sp³-hybridized carbons (Fsp3) is 0.460. The average Bonchev–Trinajstić information content (AvgIpc) is 3.85. The Labute approximate surface area is 371 Å². The van der Waals surface area contributed by atoms with Crippen molar-refractivity contribution in [3.05, 3.63) is 118 Å². The molecule has 1 aromatic heterocycles. The maximum Gasteiger partial charge on any atom is 0.254 e. The van der Waals surface area contributed by atoms with E-state index in [0.717, 1.165) is 60.1 Å². The SMILES string of the molecule is C=Cc1cc2c(cc1C(=O)N(C)C1CCC(=C)NC1=O)CN(CC1CCN(C(=O)C3CCN(c4cc(F)c([C@@H]5c6[nH]c7ccccc7c6C[C@@H](C)N5CC(F)F)c(F)c4)CC3)CC1)C2. The fourth-order valence-corrected chi connectivity index (χ4v) is 11.1. The van der Waals surface area contributed by atoms with Gasteiger partial charge in [-0.25, -0.2) is 17.6 Å². The Hall–Kier alpha value is -5.47. The second-order valence-corrected chi connectivity index (χ2v) is 18.6. The number of likely N-dealkylation sites (N-methyl/N-ethyl adjacent to an activating group) is 1. The molecule has 64 heavy (non-hydrogen) atoms. The van der Waals surface area contributed by atoms with Gasteiger partial charge in [0.15, 0.2) is 0 Å². The number of amides is 3. The Morgan fingerprint density at radius 3 is 2.31 bits per heavy atom. The van der Waals surface area contributed by atoms with Gasteiger partial charge in [0, 0.05) is 104 Å². The quantitative estimate of drug-likeness (QED) is 0.157. The van der Waals surface area contributed by atoms with Crippen LogP contribution in [0.15, 0.2) is 67.4 Å². The van der Waals surface area contributed by atoms with E-state index in [4.69, 9.17) is 0 Å². The second kappa shape index (κ2) is 17.8. The smallest absolute Gasteiger partial charge is 0.254 e. The largest absolute Gasteiger partial charge is 0.371 e. The van der Waals surface area contributed by atoms with Gasteiger partial charge >= 0.3 is 0 Å². The monoisotopic (exact) mass is 879 g/mol. The van der Waals surface area contributed by atoms with Gasteiger partial charge in [-0.3, -0.25) is 24.2 Å². The highest BCUT2D eigenvalue weighted by atomic mass is 19.3. The number of hydrogen-bond acceptors (Lipinski definition) is 6. The summed E-state index contributed by atoms with van der Waals surface area (Å²) < 4.78 is 60.5. The first-order valence-electron chi connectivity index (χ1n) is 22.7. The number of allylic oxidation sites excluding steroid dienone is 1. The molecule has 5 aliphatic heterocycles. The van der Waals surface area contributed by atoms with Gasteiger partial charge in [0.25, 0.3) is 12.3 Å². The molecular formula is C50H57F4N7O3. The van der Waals surface area contributed by atoms with E-state index in [1.54, 1.807) is 13.1 Å². The molecular weight excluding hydrogens is 823 g/mol. The molecule has 1 unspecified atom stereocenters. The molecule has 10 nitrogen and oxygen atoms in total. The fourth-order valence-electron chi connectivity index (χ4n) is 11.1. The van der Waals surface area contributed by atoms with E-state index in [1.807, 2.05) is 53.1 Å². The molecule has 5 aliphatic rings. The number of benzene rings is 3. The van der Waals surface area contributed by atoms with Crippen molar-refractivity contribution in [2.75, 3.05) is 51.2 Å². The summed E-state index contributed by atoms with van der Waals surface area (Å²) in [5.74, 6) is -1.60. The van der Waals surface area contributed by atoms with E-state index in [9.17, 15) is 23.2 Å². The first-order chi connectivity index (χ1) is 30.8. The summed E-state index contributed by atoms with van der Waals surface area (Å²) in [7, 11) is 1.67. The standard InChI is InChI=1S/C50H57F4N7O3/c1-5-32-21-34-26-58(27-35(34)22-38(32)50(64)57(4)43-11-10-29(2)55-48(43)62)25-31-12-16-60(17-13-31)49(63)33-14-18-59(19-15-33)36-23-40(51)45(41(52)24-36)47-46-39(20-30(3)61(47)28-44(53)54)37-8-6-7-9-42(37)56-46/h5-9,21-24,30-31,33,43-44,47,56H,1-2,10-20,25-28H2,3-4H3,(H,55,62)/t30-,43?,47-/m1/s1. The number of anilines is 1. The third-order valence-electron chi connectivity index (χ3n) is 14.6. The van der Waals surface area contributed by atoms with Crippen molar-refractivity contribution in [3.63, 3.8) is 0 Å². The lowest BCUT2D eigenvalue weighted by Gasteiger charge is -2.41. The van der Waals surface area contributed by atoms with Gasteiger partial charge in [-0.2, -0.15) is 0 Å². The lowest BCUT2D eigenvalue weighted by molar-refractivity contribution is -0.137. The summed E-state index contributed by atoms with van der Waals surface area (Å²) in [6, 6.07) is 12.3. The molecule has 0 bridgehead atoms. The predicted molar refractivity (Wildman–Crippen MR) is 240 cm³/mol. The van der Waals surface area contributed by atoms with E-state index in [-0.39, 0.29) is 35.2 Å². The van der Waals surface area contributed by atoms with Crippen LogP contribution in [0.4, 0.5) is 23.2 Å². The molecule has 3 amide bonds. The minimum atomic E-state index is -2.68. The predicted octanol–water partition coefficient (Wildman–Crippen LogP) is 8.03. The zero-order valence-electron chi connectivity index (χ0n) is 36.7. The minimum Gasteiger partial charge on any atom is -0.371 e. The highest BCUT2D eigenvalue weighted by Crippen LogP contribution is 2.44. The lowest BCUT2D eigenvalue weighted by Crippen LogP contribution is -2.50. The summed E-state index contributed by atoms with van der Waals surface area (Å²) in [5, 5.41) is 3.70. The van der Waals surface area contributed by atoms with Crippen LogP contribution < -0.4 is 10.2 Å². The van der Waals surface area contributed by atoms with Gasteiger partial charge in [0.2, 0.25) is 11.8 Å². The van der Waals surface area contributed by atoms with Crippen molar-refractivity contribution in [2.24, 2.45) is 11.8 Å². The molecule has 0 radical (unpaired) electrons. The highest BCUT2D eigenvalue weighted by molar-refractivity contribution is 6.01. The van der Waals surface area contributed by atoms with Gasteiger partial charge in [-0.1, -0.05) is 37.4 Å². The van der Waals surface area contributed by atoms with Crippen LogP contribution in [-0.2, 0) is 29.1 Å². The molecule has 2 N–H and O–H groups in total. The second-order valence-electron chi connectivity index (χ2n) is 18.6. The Morgan fingerprint density at radius 2 is 1.64 bits per heavy atom. The molecule has 0 spiro atoms. The maximum absolute atomic E-state index is 16.3. The molecule has 3 fully saturated rings. The molecule has 0 aliphatic carbocycles. The van der Waals surface area contributed by atoms with Crippen LogP contribution in [0.2, 0.25) is 0 Å². The summed E-state index contributed by atoms with van der Waals surface area (Å²) in [6.07, 6.45) is 3.56. The third kappa shape index (κ3) is 8.34. The van der Waals surface area contributed by atoms with Crippen LogP contribution in [0.1, 0.15) is 95.4 Å². The van der Waals surface area contributed by atoms with Gasteiger partial charge < -0.3 is 25.0 Å². The van der Waals surface area contributed by atoms with Crippen LogP contribution in [0.5, 0.6) is 0 Å². The number of aromatic nitrogens is 1. The molecule has 9 rings (SSSR count). The number of carbonyl (C=O) groups excluding carboxylic acids is 3. The van der Waals surface area contributed by atoms with Gasteiger partial charge in [-0.15, -0.1) is 0 Å². The van der Waals surface area contributed by atoms with E-state index in [0.29, 0.717) is 86.8 Å². The normalized spacial score (nSPS) is 22.5. The number of H-pyrrole nitrogens is 1. The Kier molecular flexibility index (Phi) is 12.2. The van der Waals surface area contributed by atoms with Crippen LogP contribution in [-0.4, -0.2) is 107 Å². The zero-order valence-corrected chi connectivity index (χ0v) is 36.7. The van der Waals surface area contributed by atoms with E-state index in [2.05, 4.69) is 28.4 Å². The van der Waals surface area contributed by atoms with E-state index >= 15 is 8.78 Å². The van der Waals surface area contributed by atoms with Crippen molar-refractivity contribution in [1.29, 1.82) is 0 Å². The maximum atomic E-state index is 16.3. The van der Waals surface area contributed by atoms with Crippen LogP contribution >= 0.6 is 0 Å². The topological polar surface area (TPSA) is 95.2 Å². The molecule has 3 aromatic carbocycles. The van der Waals surface area contributed by atoms with Gasteiger partial charge in [-0.05, 0) is 110 Å². The molecule has 14 heteroatoms. The number of halogens is 4. The molecule has 338 valence electrons. The molecule has 0 saturated carbocycles. The first kappa shape index (κ1) is 43.8. The van der Waals surface area contributed by atoms with Crippen LogP contribution in [0.3, 0.4) is 0 Å². The Bertz CT molecular complexity index is 2470. The average molecular weight is 880 g/mol. The number of para-hydroxylation sites is 1. The number of hydrogen-bond donors (Lipinski definition) is 2. The summed E-state index contributed by atoms with van der Waals surface area (Å²) >= 11 is 0. The minimum absolute atomic E-state index is 0.133. The number of fused-ring (bicyclic) bond motifs is 4. The summed E-state index contributed by atoms with van der Waals surface area (Å²) in [6.45, 7) is 13.7.